The maximum Gasteiger partial charge on any atom is 0.247 e. The number of likely N-dealkylation sites (tertiary alicyclic amines) is 1. The lowest BCUT2D eigenvalue weighted by Crippen LogP contribution is -2.27. The Balaban J connectivity index is 1.28. The highest BCUT2D eigenvalue weighted by Gasteiger charge is 2.21. The number of amides is 1. The smallest absolute Gasteiger partial charge is 0.247 e. The summed E-state index contributed by atoms with van der Waals surface area (Å²) in [6, 6.07) is 17.1. The number of hydrogen-bond acceptors (Lipinski definition) is 7. The fraction of sp³-hybridized carbons (Fsp3) is 0.222. The number of nitrogens with one attached hydrogen (secondary N) is 4. The first-order chi connectivity index (χ1) is 18.1. The minimum absolute atomic E-state index is 0.304. The molecule has 1 saturated heterocycles. The summed E-state index contributed by atoms with van der Waals surface area (Å²) in [4.78, 5) is 26.0. The molecule has 0 spiro atoms. The fourth-order valence-electron chi connectivity index (χ4n) is 4.28. The average Bonchev–Trinajstić information content (AvgIpc) is 3.55. The molecular weight excluding hydrogens is 473 g/mol. The summed E-state index contributed by atoms with van der Waals surface area (Å²) < 4.78 is 18.7. The second-order valence-electron chi connectivity index (χ2n) is 8.74. The van der Waals surface area contributed by atoms with Crippen LogP contribution in [0.4, 0.5) is 27.4 Å². The Bertz CT molecular complexity index is 1390. The normalized spacial score (nSPS) is 15.4. The van der Waals surface area contributed by atoms with Gasteiger partial charge in [-0.2, -0.15) is 9.97 Å². The molecule has 4 N–H and O–H groups in total. The number of alkyl halides is 1. The van der Waals surface area contributed by atoms with Gasteiger partial charge in [-0.05, 0) is 55.0 Å². The van der Waals surface area contributed by atoms with E-state index in [0.29, 0.717) is 41.5 Å². The lowest BCUT2D eigenvalue weighted by atomic mass is 10.2. The first-order valence-corrected chi connectivity index (χ1v) is 12.1. The van der Waals surface area contributed by atoms with Crippen LogP contribution in [0.2, 0.25) is 0 Å². The Morgan fingerprint density at radius 3 is 2.81 bits per heavy atom. The monoisotopic (exact) mass is 501 g/mol. The number of H-pyrrole nitrogens is 1. The topological polar surface area (TPSA) is 107 Å². The van der Waals surface area contributed by atoms with E-state index in [1.807, 2.05) is 30.3 Å². The van der Waals surface area contributed by atoms with Crippen LogP contribution < -0.4 is 20.7 Å². The van der Waals surface area contributed by atoms with Crippen LogP contribution >= 0.6 is 0 Å². The predicted octanol–water partition coefficient (Wildman–Crippen LogP) is 5.07. The van der Waals surface area contributed by atoms with E-state index < -0.39 is 0 Å². The highest BCUT2D eigenvalue weighted by molar-refractivity contribution is 5.99. The number of carbonyl (C=O) groups is 1. The van der Waals surface area contributed by atoms with Crippen molar-refractivity contribution in [1.82, 2.24) is 19.9 Å². The van der Waals surface area contributed by atoms with Gasteiger partial charge < -0.3 is 25.7 Å². The summed E-state index contributed by atoms with van der Waals surface area (Å²) in [5.41, 5.74) is 3.04. The zero-order valence-corrected chi connectivity index (χ0v) is 20.2. The molecule has 0 bridgehead atoms. The van der Waals surface area contributed by atoms with Gasteiger partial charge in [-0.1, -0.05) is 12.6 Å². The lowest BCUT2D eigenvalue weighted by molar-refractivity contribution is -0.111. The molecule has 2 aromatic heterocycles. The third kappa shape index (κ3) is 6.04. The van der Waals surface area contributed by atoms with Gasteiger partial charge in [0.05, 0.1) is 5.39 Å². The largest absolute Gasteiger partial charge is 0.438 e. The molecule has 1 atom stereocenters. The number of nitrogens with zero attached hydrogens (tertiary/aromatic N) is 3. The van der Waals surface area contributed by atoms with Crippen LogP contribution in [0.5, 0.6) is 11.6 Å². The second kappa shape index (κ2) is 11.1. The molecule has 190 valence electrons. The highest BCUT2D eigenvalue weighted by atomic mass is 19.1. The van der Waals surface area contributed by atoms with Crippen LogP contribution in [-0.4, -0.2) is 58.1 Å². The van der Waals surface area contributed by atoms with E-state index >= 15 is 0 Å². The molecule has 2 aromatic carbocycles. The third-order valence-corrected chi connectivity index (χ3v) is 6.07. The molecule has 9 nitrogen and oxygen atoms in total. The van der Waals surface area contributed by atoms with Crippen LogP contribution in [0.15, 0.2) is 73.4 Å². The summed E-state index contributed by atoms with van der Waals surface area (Å²) in [6.45, 7) is 5.42. The number of hydrogen-bond donors (Lipinski definition) is 4. The molecule has 3 heterocycles. The number of rotatable bonds is 10. The molecule has 0 aliphatic carbocycles. The van der Waals surface area contributed by atoms with Crippen molar-refractivity contribution in [3.63, 3.8) is 0 Å². The molecule has 1 aliphatic heterocycles. The van der Waals surface area contributed by atoms with Gasteiger partial charge in [0.15, 0.2) is 0 Å². The molecule has 0 saturated carbocycles. The molecule has 1 aliphatic rings. The van der Waals surface area contributed by atoms with Crippen LogP contribution in [0, 0.1) is 0 Å². The number of carbonyl (C=O) groups excluding carboxylic acids is 1. The Morgan fingerprint density at radius 1 is 1.16 bits per heavy atom. The van der Waals surface area contributed by atoms with Crippen LogP contribution in [-0.2, 0) is 4.79 Å². The van der Waals surface area contributed by atoms with Crippen molar-refractivity contribution in [2.24, 2.45) is 0 Å². The van der Waals surface area contributed by atoms with E-state index in [4.69, 9.17) is 4.74 Å². The van der Waals surface area contributed by atoms with E-state index in [0.717, 1.165) is 36.3 Å². The third-order valence-electron chi connectivity index (χ3n) is 6.07. The van der Waals surface area contributed by atoms with Gasteiger partial charge in [0.1, 0.15) is 18.1 Å². The molecule has 10 heteroatoms. The zero-order valence-electron chi connectivity index (χ0n) is 20.2. The van der Waals surface area contributed by atoms with E-state index in [9.17, 15) is 9.18 Å². The quantitative estimate of drug-likeness (QED) is 0.225. The number of aromatic nitrogens is 3. The van der Waals surface area contributed by atoms with Crippen LogP contribution in [0.1, 0.15) is 6.42 Å². The highest BCUT2D eigenvalue weighted by Crippen LogP contribution is 2.30. The second-order valence-corrected chi connectivity index (χ2v) is 8.74. The van der Waals surface area contributed by atoms with Gasteiger partial charge in [-0.3, -0.25) is 9.69 Å². The Kier molecular flexibility index (Phi) is 7.27. The minimum Gasteiger partial charge on any atom is -0.438 e. The summed E-state index contributed by atoms with van der Waals surface area (Å²) in [7, 11) is 0. The molecule has 1 fully saturated rings. The van der Waals surface area contributed by atoms with Gasteiger partial charge >= 0.3 is 0 Å². The lowest BCUT2D eigenvalue weighted by Gasteiger charge is -2.16. The number of fused-ring (bicyclic) bond motifs is 1. The van der Waals surface area contributed by atoms with Crippen molar-refractivity contribution in [3.05, 3.63) is 73.4 Å². The average molecular weight is 502 g/mol. The van der Waals surface area contributed by atoms with Crippen molar-refractivity contribution < 1.29 is 13.9 Å². The number of aromatic amines is 1. The number of ether oxygens (including phenoxy) is 1. The van der Waals surface area contributed by atoms with Crippen molar-refractivity contribution >= 4 is 40.0 Å². The molecule has 4 aromatic rings. The van der Waals surface area contributed by atoms with Gasteiger partial charge in [0, 0.05) is 55.0 Å². The summed E-state index contributed by atoms with van der Waals surface area (Å²) in [6.07, 6.45) is 3.98. The van der Waals surface area contributed by atoms with Crippen molar-refractivity contribution in [3.8, 4) is 11.6 Å². The Labute approximate surface area is 213 Å². The van der Waals surface area contributed by atoms with E-state index in [2.05, 4.69) is 42.4 Å². The number of benzene rings is 2. The summed E-state index contributed by atoms with van der Waals surface area (Å²) in [5, 5.41) is 10.2. The van der Waals surface area contributed by atoms with E-state index in [1.165, 1.54) is 6.08 Å². The van der Waals surface area contributed by atoms with Crippen molar-refractivity contribution in [2.75, 3.05) is 42.3 Å². The van der Waals surface area contributed by atoms with E-state index in [-0.39, 0.29) is 12.6 Å². The maximum atomic E-state index is 12.6. The Hall–Kier alpha value is -4.44. The fourth-order valence-corrected chi connectivity index (χ4v) is 4.28. The maximum absolute atomic E-state index is 12.6. The van der Waals surface area contributed by atoms with Crippen molar-refractivity contribution in [2.45, 2.75) is 12.5 Å². The van der Waals surface area contributed by atoms with Gasteiger partial charge in [0.25, 0.3) is 0 Å². The van der Waals surface area contributed by atoms with Crippen LogP contribution in [0.3, 0.4) is 0 Å². The minimum atomic E-state index is -0.309. The number of anilines is 4. The molecular formula is C27H28FN7O2. The van der Waals surface area contributed by atoms with Gasteiger partial charge in [-0.15, -0.1) is 0 Å². The van der Waals surface area contributed by atoms with E-state index in [1.54, 1.807) is 30.5 Å². The predicted molar refractivity (Wildman–Crippen MR) is 143 cm³/mol. The SMILES string of the molecule is C=CC(=O)Nc1cccc(Oc2nc(Nc3ccc(N[C@H]4CCN(CCF)C4)cc3)nc3[nH]ccc23)c1. The molecule has 37 heavy (non-hydrogen) atoms. The van der Waals surface area contributed by atoms with Gasteiger partial charge in [-0.25, -0.2) is 4.39 Å². The van der Waals surface area contributed by atoms with Crippen molar-refractivity contribution in [1.29, 1.82) is 0 Å². The molecule has 5 rings (SSSR count). The summed E-state index contributed by atoms with van der Waals surface area (Å²) >= 11 is 0. The molecule has 0 radical (unpaired) electrons. The zero-order chi connectivity index (χ0) is 25.6. The Morgan fingerprint density at radius 2 is 2.00 bits per heavy atom. The van der Waals surface area contributed by atoms with Gasteiger partial charge in [0.2, 0.25) is 17.7 Å². The molecule has 0 unspecified atom stereocenters. The first-order valence-electron chi connectivity index (χ1n) is 12.1. The van der Waals surface area contributed by atoms with Crippen LogP contribution in [0.25, 0.3) is 11.0 Å². The first kappa shape index (κ1) is 24.3. The summed E-state index contributed by atoms with van der Waals surface area (Å²) in [5.74, 6) is 0.959. The standard InChI is InChI=1S/C27H28FN7O2/c1-2-24(36)31-20-4-3-5-22(16-20)37-26-23-10-13-29-25(23)33-27(34-26)32-19-8-6-18(7-9-19)30-21-11-14-35(17-21)15-12-28/h2-10,13,16,21,30H,1,11-12,14-15,17H2,(H,31,36)(H2,29,32,33,34)/t21-/m0/s1. The number of halogens is 1. The molecule has 1 amide bonds.